The molecular weight excluding hydrogens is 480 g/mol. The van der Waals surface area contributed by atoms with Crippen LogP contribution in [0.5, 0.6) is 5.75 Å². The molecule has 0 aliphatic heterocycles. The van der Waals surface area contributed by atoms with Gasteiger partial charge in [-0.25, -0.2) is 0 Å². The largest absolute Gasteiger partial charge is 0.508 e. The summed E-state index contributed by atoms with van der Waals surface area (Å²) in [6.45, 7) is 0. The number of halogens is 4. The molecule has 0 aliphatic rings. The Morgan fingerprint density at radius 1 is 1.00 bits per heavy atom. The van der Waals surface area contributed by atoms with E-state index < -0.39 is 0 Å². The van der Waals surface area contributed by atoms with Gasteiger partial charge in [0.25, 0.3) is 0 Å². The van der Waals surface area contributed by atoms with Crippen molar-refractivity contribution in [2.45, 2.75) is 27.3 Å². The molecule has 0 aliphatic carbocycles. The van der Waals surface area contributed by atoms with Crippen LogP contribution < -0.4 is 0 Å². The summed E-state index contributed by atoms with van der Waals surface area (Å²) in [7, 11) is 0. The topological polar surface area (TPSA) is 20.2 Å². The van der Waals surface area contributed by atoms with E-state index in [2.05, 4.69) is 63.7 Å². The summed E-state index contributed by atoms with van der Waals surface area (Å²) < 4.78 is 0. The van der Waals surface area contributed by atoms with Crippen LogP contribution in [0, 0.1) is 0 Å². The van der Waals surface area contributed by atoms with Gasteiger partial charge in [0.15, 0.2) is 0 Å². The molecule has 0 spiro atoms. The highest BCUT2D eigenvalue weighted by Gasteiger charge is 2.18. The fourth-order valence-corrected chi connectivity index (χ4v) is 3.16. The Bertz CT molecular complexity index is 328. The number of phenols is 1. The van der Waals surface area contributed by atoms with Crippen LogP contribution in [0.2, 0.25) is 0 Å². The van der Waals surface area contributed by atoms with Crippen molar-refractivity contribution < 1.29 is 5.11 Å². The molecule has 17 heavy (non-hydrogen) atoms. The number of hydrogen-bond acceptors (Lipinski definition) is 1. The summed E-state index contributed by atoms with van der Waals surface area (Å²) in [5.74, 6) is 0.305. The normalized spacial score (nSPS) is 16.5. The van der Waals surface area contributed by atoms with Crippen molar-refractivity contribution in [2.24, 2.45) is 0 Å². The van der Waals surface area contributed by atoms with Gasteiger partial charge in [-0.05, 0) is 30.5 Å². The van der Waals surface area contributed by atoms with Gasteiger partial charge >= 0.3 is 0 Å². The van der Waals surface area contributed by atoms with Gasteiger partial charge < -0.3 is 5.11 Å². The van der Waals surface area contributed by atoms with Crippen LogP contribution in [0.3, 0.4) is 0 Å². The molecule has 0 radical (unpaired) electrons. The van der Waals surface area contributed by atoms with Gasteiger partial charge in [0.2, 0.25) is 0 Å². The average molecular weight is 494 g/mol. The van der Waals surface area contributed by atoms with Crippen molar-refractivity contribution in [1.29, 1.82) is 0 Å². The molecule has 96 valence electrons. The zero-order valence-electron chi connectivity index (χ0n) is 9.12. The number of hydrogen-bond donors (Lipinski definition) is 1. The molecule has 0 saturated carbocycles. The zero-order chi connectivity index (χ0) is 12.8. The molecule has 3 unspecified atom stereocenters. The molecule has 0 fully saturated rings. The number of aromatic hydroxyl groups is 1. The molecule has 1 N–H and O–H groups in total. The summed E-state index contributed by atoms with van der Waals surface area (Å²) in [6, 6.07) is 7.32. The molecule has 0 amide bonds. The molecule has 1 nitrogen and oxygen atoms in total. The lowest BCUT2D eigenvalue weighted by Crippen LogP contribution is -2.10. The quantitative estimate of drug-likeness (QED) is 0.517. The van der Waals surface area contributed by atoms with Gasteiger partial charge in [-0.1, -0.05) is 75.9 Å². The number of rotatable bonds is 6. The van der Waals surface area contributed by atoms with E-state index in [9.17, 15) is 5.11 Å². The van der Waals surface area contributed by atoms with E-state index in [1.165, 1.54) is 5.56 Å². The second kappa shape index (κ2) is 8.18. The molecule has 0 aromatic heterocycles. The molecule has 0 bridgehead atoms. The summed E-state index contributed by atoms with van der Waals surface area (Å²) >= 11 is 14.5. The lowest BCUT2D eigenvalue weighted by Gasteiger charge is -2.18. The Kier molecular flexibility index (Phi) is 7.70. The fourth-order valence-electron chi connectivity index (χ4n) is 1.43. The Labute approximate surface area is 136 Å². The van der Waals surface area contributed by atoms with Gasteiger partial charge in [-0.15, -0.1) is 0 Å². The summed E-state index contributed by atoms with van der Waals surface area (Å²) in [4.78, 5) is 1.16. The minimum Gasteiger partial charge on any atom is -0.508 e. The van der Waals surface area contributed by atoms with E-state index in [-0.39, 0.29) is 4.83 Å². The van der Waals surface area contributed by atoms with E-state index in [4.69, 9.17) is 0 Å². The maximum absolute atomic E-state index is 9.25. The zero-order valence-corrected chi connectivity index (χ0v) is 15.5. The first-order valence-corrected chi connectivity index (χ1v) is 9.18. The molecule has 1 rings (SSSR count). The van der Waals surface area contributed by atoms with Crippen molar-refractivity contribution in [3.8, 4) is 5.75 Å². The van der Waals surface area contributed by atoms with Gasteiger partial charge in [0.1, 0.15) is 5.75 Å². The minimum atomic E-state index is 0.262. The van der Waals surface area contributed by atoms with Crippen LogP contribution in [0.15, 0.2) is 24.3 Å². The van der Waals surface area contributed by atoms with E-state index >= 15 is 0 Å². The maximum Gasteiger partial charge on any atom is 0.115 e. The number of phenolic OH excluding ortho intramolecular Hbond substituents is 1. The Morgan fingerprint density at radius 2 is 1.59 bits per heavy atom. The molecular formula is C12H14Br4O. The van der Waals surface area contributed by atoms with E-state index in [0.29, 0.717) is 15.4 Å². The first kappa shape index (κ1) is 16.0. The highest BCUT2D eigenvalue weighted by atomic mass is 79.9. The minimum absolute atomic E-state index is 0.262. The molecule has 0 saturated heterocycles. The van der Waals surface area contributed by atoms with Crippen LogP contribution >= 0.6 is 63.7 Å². The van der Waals surface area contributed by atoms with Gasteiger partial charge in [-0.2, -0.15) is 0 Å². The van der Waals surface area contributed by atoms with Crippen LogP contribution in [-0.4, -0.2) is 20.1 Å². The van der Waals surface area contributed by atoms with Crippen LogP contribution in [0.4, 0.5) is 0 Å². The maximum atomic E-state index is 9.25. The third kappa shape index (κ3) is 5.62. The lowest BCUT2D eigenvalue weighted by molar-refractivity contribution is 0.475. The first-order valence-electron chi connectivity index (χ1n) is 5.31. The number of alkyl halides is 4. The highest BCUT2D eigenvalue weighted by Crippen LogP contribution is 2.35. The van der Waals surface area contributed by atoms with Crippen molar-refractivity contribution >= 4 is 63.7 Å². The SMILES string of the molecule is Oc1ccc(C(Br)C(Br)CCC(Br)CBr)cc1. The Morgan fingerprint density at radius 3 is 2.12 bits per heavy atom. The first-order chi connectivity index (χ1) is 8.04. The summed E-state index contributed by atoms with van der Waals surface area (Å²) in [6.07, 6.45) is 2.19. The van der Waals surface area contributed by atoms with E-state index in [1.807, 2.05) is 12.1 Å². The third-order valence-electron chi connectivity index (χ3n) is 2.45. The molecule has 3 atom stereocenters. The van der Waals surface area contributed by atoms with Crippen molar-refractivity contribution in [1.82, 2.24) is 0 Å². The van der Waals surface area contributed by atoms with E-state index in [0.717, 1.165) is 18.2 Å². The van der Waals surface area contributed by atoms with E-state index in [1.54, 1.807) is 12.1 Å². The average Bonchev–Trinajstić information content (AvgIpc) is 2.35. The van der Waals surface area contributed by atoms with Crippen LogP contribution in [0.25, 0.3) is 0 Å². The monoisotopic (exact) mass is 490 g/mol. The Balaban J connectivity index is 2.51. The third-order valence-corrected chi connectivity index (χ3v) is 7.75. The van der Waals surface area contributed by atoms with Crippen molar-refractivity contribution in [3.05, 3.63) is 29.8 Å². The highest BCUT2D eigenvalue weighted by molar-refractivity contribution is 9.12. The van der Waals surface area contributed by atoms with Crippen LogP contribution in [-0.2, 0) is 0 Å². The summed E-state index contributed by atoms with van der Waals surface area (Å²) in [5, 5.41) is 10.2. The van der Waals surface area contributed by atoms with Crippen molar-refractivity contribution in [3.63, 3.8) is 0 Å². The predicted octanol–water partition coefficient (Wildman–Crippen LogP) is 5.53. The predicted molar refractivity (Wildman–Crippen MR) is 88.2 cm³/mol. The fraction of sp³-hybridized carbons (Fsp3) is 0.500. The molecule has 1 aromatic carbocycles. The smallest absolute Gasteiger partial charge is 0.115 e. The van der Waals surface area contributed by atoms with Gasteiger partial charge in [0, 0.05) is 15.0 Å². The standard InChI is InChI=1S/C12H14Br4O/c13-7-9(14)3-6-11(15)12(16)8-1-4-10(17)5-2-8/h1-2,4-5,9,11-12,17H,3,6-7H2. The summed E-state index contributed by atoms with van der Waals surface area (Å²) in [5.41, 5.74) is 1.18. The lowest BCUT2D eigenvalue weighted by atomic mass is 10.1. The second-order valence-electron chi connectivity index (χ2n) is 3.84. The second-order valence-corrected chi connectivity index (χ2v) is 7.94. The molecule has 0 heterocycles. The van der Waals surface area contributed by atoms with Crippen LogP contribution in [0.1, 0.15) is 23.2 Å². The van der Waals surface area contributed by atoms with Gasteiger partial charge in [0.05, 0.1) is 4.83 Å². The van der Waals surface area contributed by atoms with Gasteiger partial charge in [-0.3, -0.25) is 0 Å². The number of benzene rings is 1. The van der Waals surface area contributed by atoms with Crippen molar-refractivity contribution in [2.75, 3.05) is 5.33 Å². The molecule has 5 heteroatoms. The molecule has 1 aromatic rings. The Hall–Kier alpha value is 0.940.